The van der Waals surface area contributed by atoms with Crippen molar-refractivity contribution in [3.05, 3.63) is 75.0 Å². The van der Waals surface area contributed by atoms with Crippen LogP contribution >= 0.6 is 11.3 Å². The van der Waals surface area contributed by atoms with E-state index >= 15 is 0 Å². The zero-order valence-corrected chi connectivity index (χ0v) is 17.4. The van der Waals surface area contributed by atoms with Gasteiger partial charge < -0.3 is 15.1 Å². The molecule has 1 saturated heterocycles. The fourth-order valence-electron chi connectivity index (χ4n) is 3.70. The van der Waals surface area contributed by atoms with Crippen LogP contribution in [0.3, 0.4) is 0 Å². The predicted octanol–water partition coefficient (Wildman–Crippen LogP) is 3.73. The lowest BCUT2D eigenvalue weighted by Crippen LogP contribution is -2.27. The summed E-state index contributed by atoms with van der Waals surface area (Å²) in [7, 11) is 2.18. The van der Waals surface area contributed by atoms with Gasteiger partial charge in [-0.2, -0.15) is 0 Å². The summed E-state index contributed by atoms with van der Waals surface area (Å²) < 4.78 is 0. The lowest BCUT2D eigenvalue weighted by Gasteiger charge is -2.27. The first-order valence-corrected chi connectivity index (χ1v) is 10.5. The van der Waals surface area contributed by atoms with Crippen molar-refractivity contribution >= 4 is 34.6 Å². The maximum Gasteiger partial charge on any atom is 0.328 e. The lowest BCUT2D eigenvalue weighted by molar-refractivity contribution is -0.134. The first kappa shape index (κ1) is 21.7. The summed E-state index contributed by atoms with van der Waals surface area (Å²) in [6, 6.07) is 10.6. The summed E-state index contributed by atoms with van der Waals surface area (Å²) in [4.78, 5) is 35.0. The number of hydrogen-bond donors (Lipinski definition) is 2. The zero-order chi connectivity index (χ0) is 21.7. The van der Waals surface area contributed by atoms with Gasteiger partial charge in [0.25, 0.3) is 0 Å². The number of Topliss-reactive ketones (excluding diaryl/α,β-unsaturated/α-hetero) is 1. The Balaban J connectivity index is 0.000000275. The van der Waals surface area contributed by atoms with Crippen molar-refractivity contribution in [2.24, 2.45) is 0 Å². The van der Waals surface area contributed by atoms with E-state index < -0.39 is 11.9 Å². The Bertz CT molecular complexity index is 1010. The van der Waals surface area contributed by atoms with Crippen molar-refractivity contribution in [1.82, 2.24) is 4.90 Å². The molecule has 7 heteroatoms. The van der Waals surface area contributed by atoms with E-state index in [1.165, 1.54) is 27.8 Å². The van der Waals surface area contributed by atoms with Crippen LogP contribution in [0.1, 0.15) is 39.2 Å². The number of carbonyl (C=O) groups excluding carboxylic acids is 1. The van der Waals surface area contributed by atoms with Gasteiger partial charge in [0.1, 0.15) is 0 Å². The normalized spacial score (nSPS) is 16.4. The number of ketones is 1. The summed E-state index contributed by atoms with van der Waals surface area (Å²) >= 11 is 1.59. The minimum atomic E-state index is -1.26. The van der Waals surface area contributed by atoms with Crippen molar-refractivity contribution < 1.29 is 24.6 Å². The van der Waals surface area contributed by atoms with Crippen LogP contribution in [-0.4, -0.2) is 53.0 Å². The van der Waals surface area contributed by atoms with Crippen LogP contribution in [0, 0.1) is 0 Å². The van der Waals surface area contributed by atoms with Gasteiger partial charge in [-0.1, -0.05) is 29.8 Å². The molecule has 0 atom stereocenters. The fraction of sp³-hybridized carbons (Fsp3) is 0.261. The molecule has 1 aliphatic heterocycles. The molecule has 2 aromatic rings. The first-order valence-electron chi connectivity index (χ1n) is 9.60. The number of carbonyl (C=O) groups is 3. The Morgan fingerprint density at radius 3 is 2.27 bits per heavy atom. The predicted molar refractivity (Wildman–Crippen MR) is 116 cm³/mol. The summed E-state index contributed by atoms with van der Waals surface area (Å²) in [5.74, 6) is -2.25. The Morgan fingerprint density at radius 1 is 1.00 bits per heavy atom. The van der Waals surface area contributed by atoms with Crippen molar-refractivity contribution in [2.45, 2.75) is 19.3 Å². The molecule has 4 rings (SSSR count). The van der Waals surface area contributed by atoms with Crippen LogP contribution in [0.4, 0.5) is 0 Å². The van der Waals surface area contributed by atoms with Gasteiger partial charge in [0.15, 0.2) is 5.78 Å². The number of rotatable bonds is 2. The fourth-order valence-corrected chi connectivity index (χ4v) is 4.54. The summed E-state index contributed by atoms with van der Waals surface area (Å²) in [6.07, 6.45) is 3.85. The van der Waals surface area contributed by atoms with Crippen LogP contribution in [-0.2, 0) is 16.0 Å². The number of nitrogens with zero attached hydrogens (tertiary/aromatic N) is 1. The van der Waals surface area contributed by atoms with Crippen molar-refractivity contribution in [1.29, 1.82) is 0 Å². The molecular weight excluding hydrogens is 402 g/mol. The second-order valence-corrected chi connectivity index (χ2v) is 8.13. The van der Waals surface area contributed by atoms with Crippen LogP contribution < -0.4 is 0 Å². The molecule has 6 nitrogen and oxygen atoms in total. The maximum atomic E-state index is 12.6. The highest BCUT2D eigenvalue weighted by molar-refractivity contribution is 7.12. The molecular formula is C23H23NO5S. The van der Waals surface area contributed by atoms with E-state index in [4.69, 9.17) is 10.2 Å². The second kappa shape index (κ2) is 9.65. The third-order valence-electron chi connectivity index (χ3n) is 5.14. The van der Waals surface area contributed by atoms with Crippen molar-refractivity contribution in [2.75, 3.05) is 20.1 Å². The minimum absolute atomic E-state index is 0.265. The molecule has 1 aromatic heterocycles. The van der Waals surface area contributed by atoms with Gasteiger partial charge in [0, 0.05) is 37.2 Å². The topological polar surface area (TPSA) is 94.9 Å². The molecule has 2 aliphatic rings. The number of hydrogen-bond acceptors (Lipinski definition) is 5. The first-order chi connectivity index (χ1) is 14.4. The van der Waals surface area contributed by atoms with Gasteiger partial charge in [-0.25, -0.2) is 9.59 Å². The number of benzene rings is 1. The highest BCUT2D eigenvalue weighted by Gasteiger charge is 2.27. The van der Waals surface area contributed by atoms with E-state index in [1.54, 1.807) is 11.3 Å². The monoisotopic (exact) mass is 425 g/mol. The summed E-state index contributed by atoms with van der Waals surface area (Å²) in [6.45, 7) is 2.21. The van der Waals surface area contributed by atoms with Crippen molar-refractivity contribution in [3.63, 3.8) is 0 Å². The Labute approximate surface area is 178 Å². The van der Waals surface area contributed by atoms with Gasteiger partial charge in [0.05, 0.1) is 4.88 Å². The largest absolute Gasteiger partial charge is 0.478 e. The smallest absolute Gasteiger partial charge is 0.328 e. The Hall–Kier alpha value is -3.03. The lowest BCUT2D eigenvalue weighted by atomic mass is 9.88. The van der Waals surface area contributed by atoms with E-state index in [0.29, 0.717) is 18.6 Å². The maximum absolute atomic E-state index is 12.6. The van der Waals surface area contributed by atoms with Gasteiger partial charge in [-0.05, 0) is 48.0 Å². The van der Waals surface area contributed by atoms with E-state index in [1.807, 2.05) is 6.07 Å². The van der Waals surface area contributed by atoms with Gasteiger partial charge in [-0.15, -0.1) is 11.3 Å². The number of carboxylic acid groups (broad SMARTS) is 2. The summed E-state index contributed by atoms with van der Waals surface area (Å²) in [5.41, 5.74) is 6.47. The minimum Gasteiger partial charge on any atom is -0.478 e. The number of piperidine rings is 1. The third-order valence-corrected chi connectivity index (χ3v) is 6.09. The molecule has 0 unspecified atom stereocenters. The zero-order valence-electron chi connectivity index (χ0n) is 16.6. The molecule has 0 radical (unpaired) electrons. The average Bonchev–Trinajstić information content (AvgIpc) is 3.15. The molecule has 156 valence electrons. The quantitative estimate of drug-likeness (QED) is 0.712. The van der Waals surface area contributed by atoms with Crippen LogP contribution in [0.5, 0.6) is 0 Å². The van der Waals surface area contributed by atoms with E-state index in [2.05, 4.69) is 41.6 Å². The number of aliphatic carboxylic acids is 2. The second-order valence-electron chi connectivity index (χ2n) is 7.21. The average molecular weight is 426 g/mol. The van der Waals surface area contributed by atoms with E-state index in [9.17, 15) is 14.4 Å². The summed E-state index contributed by atoms with van der Waals surface area (Å²) in [5, 5.41) is 17.7. The highest BCUT2D eigenvalue weighted by atomic mass is 32.1. The Morgan fingerprint density at radius 2 is 1.63 bits per heavy atom. The number of likely N-dealkylation sites (tertiary alicyclic amines) is 1. The molecule has 1 aromatic carbocycles. The van der Waals surface area contributed by atoms with E-state index in [-0.39, 0.29) is 5.78 Å². The number of thiophene rings is 1. The highest BCUT2D eigenvalue weighted by Crippen LogP contribution is 2.40. The van der Waals surface area contributed by atoms with Gasteiger partial charge >= 0.3 is 11.9 Å². The molecule has 30 heavy (non-hydrogen) atoms. The number of carboxylic acids is 2. The number of fused-ring (bicyclic) bond motifs is 2. The molecule has 0 saturated carbocycles. The van der Waals surface area contributed by atoms with Gasteiger partial charge in [0.2, 0.25) is 0 Å². The van der Waals surface area contributed by atoms with Crippen LogP contribution in [0.25, 0.3) is 5.57 Å². The molecule has 1 fully saturated rings. The molecule has 0 amide bonds. The van der Waals surface area contributed by atoms with E-state index in [0.717, 1.165) is 30.8 Å². The SMILES string of the molecule is CN1CCC(=C2c3ccccc3CC(=O)c3sccc32)CC1.O=C(O)/C=C/C(=O)O. The molecule has 1 aliphatic carbocycles. The van der Waals surface area contributed by atoms with Crippen molar-refractivity contribution in [3.8, 4) is 0 Å². The Kier molecular flexibility index (Phi) is 6.97. The van der Waals surface area contributed by atoms with Crippen LogP contribution in [0.2, 0.25) is 0 Å². The molecule has 0 spiro atoms. The third kappa shape index (κ3) is 5.11. The van der Waals surface area contributed by atoms with Gasteiger partial charge in [-0.3, -0.25) is 4.79 Å². The van der Waals surface area contributed by atoms with Crippen LogP contribution in [0.15, 0.2) is 53.4 Å². The molecule has 2 N–H and O–H groups in total. The standard InChI is InChI=1S/C19H19NOS.C4H4O4/c1-20-9-6-13(7-10-20)18-15-5-3-2-4-14(15)12-17(21)19-16(18)8-11-22-19;5-3(6)1-2-4(7)8/h2-5,8,11H,6-7,9-10,12H2,1H3;1-2H,(H,5,6)(H,7,8)/b;2-1+. The molecule has 0 bridgehead atoms. The molecule has 2 heterocycles.